The van der Waals surface area contributed by atoms with E-state index >= 15 is 0 Å². The molecule has 4 rings (SSSR count). The van der Waals surface area contributed by atoms with Crippen LogP contribution in [0.5, 0.6) is 5.75 Å². The minimum Gasteiger partial charge on any atom is -0.406 e. The smallest absolute Gasteiger partial charge is 0.406 e. The van der Waals surface area contributed by atoms with Crippen molar-refractivity contribution in [3.05, 3.63) is 88.9 Å². The Kier molecular flexibility index (Phi) is 5.74. The topological polar surface area (TPSA) is 32.7 Å². The van der Waals surface area contributed by atoms with E-state index in [1.165, 1.54) is 24.3 Å². The molecule has 168 valence electrons. The molecule has 1 aliphatic heterocycles. The standard InChI is InChI=1S/C25H23ClF3NO2/c1-23(15-30(2)16-23)24(31,19-9-11-22(12-10-19)32-25(27,28)29)20-7-3-5-17(13-20)18-6-4-8-21(26)14-18/h3-14,31H,15-16H2,1-2H3. The van der Waals surface area contributed by atoms with E-state index in [1.54, 1.807) is 6.07 Å². The Balaban J connectivity index is 1.79. The number of aliphatic hydroxyl groups is 1. The highest BCUT2D eigenvalue weighted by Gasteiger charge is 2.55. The Bertz CT molecular complexity index is 1110. The van der Waals surface area contributed by atoms with Gasteiger partial charge in [0.2, 0.25) is 0 Å². The largest absolute Gasteiger partial charge is 0.573 e. The third-order valence-electron chi connectivity index (χ3n) is 6.06. The molecule has 1 N–H and O–H groups in total. The molecule has 1 saturated heterocycles. The van der Waals surface area contributed by atoms with Gasteiger partial charge in [-0.3, -0.25) is 0 Å². The van der Waals surface area contributed by atoms with Crippen LogP contribution in [0.15, 0.2) is 72.8 Å². The van der Waals surface area contributed by atoms with Gasteiger partial charge in [-0.2, -0.15) is 0 Å². The number of halogens is 4. The van der Waals surface area contributed by atoms with Gasteiger partial charge in [-0.1, -0.05) is 61.0 Å². The molecule has 3 aromatic carbocycles. The van der Waals surface area contributed by atoms with Crippen molar-refractivity contribution in [3.63, 3.8) is 0 Å². The van der Waals surface area contributed by atoms with Gasteiger partial charge >= 0.3 is 6.36 Å². The zero-order valence-corrected chi connectivity index (χ0v) is 18.4. The molecule has 3 aromatic rings. The van der Waals surface area contributed by atoms with Crippen molar-refractivity contribution in [2.75, 3.05) is 20.1 Å². The number of alkyl halides is 3. The zero-order chi connectivity index (χ0) is 23.1. The highest BCUT2D eigenvalue weighted by atomic mass is 35.5. The van der Waals surface area contributed by atoms with Gasteiger partial charge in [-0.05, 0) is 59.6 Å². The third kappa shape index (κ3) is 4.22. The summed E-state index contributed by atoms with van der Waals surface area (Å²) in [6.45, 7) is 3.25. The van der Waals surface area contributed by atoms with Gasteiger partial charge in [0.05, 0.1) is 0 Å². The van der Waals surface area contributed by atoms with Crippen molar-refractivity contribution in [3.8, 4) is 16.9 Å². The van der Waals surface area contributed by atoms with E-state index < -0.39 is 17.4 Å². The molecule has 32 heavy (non-hydrogen) atoms. The lowest BCUT2D eigenvalue weighted by molar-refractivity contribution is -0.274. The Morgan fingerprint density at radius 3 is 2.06 bits per heavy atom. The predicted molar refractivity (Wildman–Crippen MR) is 119 cm³/mol. The molecule has 1 unspecified atom stereocenters. The van der Waals surface area contributed by atoms with Gasteiger partial charge in [0.15, 0.2) is 0 Å². The van der Waals surface area contributed by atoms with E-state index in [1.807, 2.05) is 56.4 Å². The molecule has 0 amide bonds. The summed E-state index contributed by atoms with van der Waals surface area (Å²) >= 11 is 6.15. The molecule has 0 bridgehead atoms. The first kappa shape index (κ1) is 22.6. The highest BCUT2D eigenvalue weighted by Crippen LogP contribution is 2.50. The average molecular weight is 462 g/mol. The maximum Gasteiger partial charge on any atom is 0.573 e. The monoisotopic (exact) mass is 461 g/mol. The predicted octanol–water partition coefficient (Wildman–Crippen LogP) is 6.09. The van der Waals surface area contributed by atoms with Crippen LogP contribution in [0.25, 0.3) is 11.1 Å². The Labute approximate surface area is 190 Å². The number of benzene rings is 3. The van der Waals surface area contributed by atoms with Crippen molar-refractivity contribution >= 4 is 11.6 Å². The molecular formula is C25H23ClF3NO2. The number of rotatable bonds is 5. The van der Waals surface area contributed by atoms with Crippen LogP contribution in [0.3, 0.4) is 0 Å². The fourth-order valence-electron chi connectivity index (χ4n) is 4.73. The van der Waals surface area contributed by atoms with Gasteiger partial charge in [0.1, 0.15) is 11.4 Å². The summed E-state index contributed by atoms with van der Waals surface area (Å²) in [7, 11) is 1.96. The Hall–Kier alpha value is -2.54. The molecule has 1 aliphatic rings. The lowest BCUT2D eigenvalue weighted by Crippen LogP contribution is -2.63. The third-order valence-corrected chi connectivity index (χ3v) is 6.29. The fraction of sp³-hybridized carbons (Fsp3) is 0.280. The van der Waals surface area contributed by atoms with Crippen LogP contribution in [0.1, 0.15) is 18.1 Å². The maximum atomic E-state index is 12.6. The second-order valence-corrected chi connectivity index (χ2v) is 9.04. The molecule has 0 saturated carbocycles. The first-order chi connectivity index (χ1) is 15.0. The van der Waals surface area contributed by atoms with Gasteiger partial charge in [-0.25, -0.2) is 0 Å². The van der Waals surface area contributed by atoms with Crippen LogP contribution >= 0.6 is 11.6 Å². The summed E-state index contributed by atoms with van der Waals surface area (Å²) in [4.78, 5) is 2.09. The number of ether oxygens (including phenoxy) is 1. The first-order valence-corrected chi connectivity index (χ1v) is 10.5. The van der Waals surface area contributed by atoms with Crippen LogP contribution < -0.4 is 4.74 Å². The van der Waals surface area contributed by atoms with Crippen LogP contribution in [-0.4, -0.2) is 36.5 Å². The second kappa shape index (κ2) is 8.10. The first-order valence-electron chi connectivity index (χ1n) is 10.1. The second-order valence-electron chi connectivity index (χ2n) is 8.61. The minimum atomic E-state index is -4.77. The van der Waals surface area contributed by atoms with Crippen LogP contribution in [0.2, 0.25) is 5.02 Å². The van der Waals surface area contributed by atoms with Crippen molar-refractivity contribution in [2.24, 2.45) is 5.41 Å². The van der Waals surface area contributed by atoms with Crippen LogP contribution in [-0.2, 0) is 5.60 Å². The number of hydrogen-bond donors (Lipinski definition) is 1. The van der Waals surface area contributed by atoms with Crippen LogP contribution in [0, 0.1) is 5.41 Å². The maximum absolute atomic E-state index is 12.6. The molecule has 0 spiro atoms. The lowest BCUT2D eigenvalue weighted by atomic mass is 9.62. The summed E-state index contributed by atoms with van der Waals surface area (Å²) < 4.78 is 41.8. The molecular weight excluding hydrogens is 439 g/mol. The zero-order valence-electron chi connectivity index (χ0n) is 17.7. The minimum absolute atomic E-state index is 0.327. The van der Waals surface area contributed by atoms with Gasteiger partial charge in [0, 0.05) is 23.5 Å². The van der Waals surface area contributed by atoms with E-state index in [2.05, 4.69) is 9.64 Å². The summed E-state index contributed by atoms with van der Waals surface area (Å²) in [6.07, 6.45) is -4.77. The fourth-order valence-corrected chi connectivity index (χ4v) is 4.92. The molecule has 1 heterocycles. The van der Waals surface area contributed by atoms with Crippen molar-refractivity contribution in [1.82, 2.24) is 4.90 Å². The number of hydrogen-bond acceptors (Lipinski definition) is 3. The van der Waals surface area contributed by atoms with E-state index in [4.69, 9.17) is 11.6 Å². The van der Waals surface area contributed by atoms with E-state index in [-0.39, 0.29) is 5.75 Å². The summed E-state index contributed by atoms with van der Waals surface area (Å²) in [5.41, 5.74) is 0.996. The Morgan fingerprint density at radius 1 is 0.906 bits per heavy atom. The molecule has 7 heteroatoms. The van der Waals surface area contributed by atoms with Crippen molar-refractivity contribution in [2.45, 2.75) is 18.9 Å². The van der Waals surface area contributed by atoms with Crippen molar-refractivity contribution < 1.29 is 23.0 Å². The lowest BCUT2D eigenvalue weighted by Gasteiger charge is -2.56. The molecule has 0 radical (unpaired) electrons. The summed E-state index contributed by atoms with van der Waals surface area (Å²) in [5, 5.41) is 12.8. The molecule has 0 aromatic heterocycles. The average Bonchev–Trinajstić information content (AvgIpc) is 2.71. The molecule has 1 atom stereocenters. The van der Waals surface area contributed by atoms with Crippen molar-refractivity contribution in [1.29, 1.82) is 0 Å². The summed E-state index contributed by atoms with van der Waals surface area (Å²) in [5.74, 6) is -0.327. The normalized spacial score (nSPS) is 18.0. The quantitative estimate of drug-likeness (QED) is 0.499. The molecule has 1 fully saturated rings. The van der Waals surface area contributed by atoms with E-state index in [0.717, 1.165) is 11.1 Å². The van der Waals surface area contributed by atoms with E-state index in [9.17, 15) is 18.3 Å². The Morgan fingerprint density at radius 2 is 1.50 bits per heavy atom. The van der Waals surface area contributed by atoms with Gasteiger partial charge in [0.25, 0.3) is 0 Å². The number of nitrogens with zero attached hydrogens (tertiary/aromatic N) is 1. The summed E-state index contributed by atoms with van der Waals surface area (Å²) in [6, 6.07) is 20.5. The molecule has 0 aliphatic carbocycles. The molecule has 3 nitrogen and oxygen atoms in total. The highest BCUT2D eigenvalue weighted by molar-refractivity contribution is 6.30. The SMILES string of the molecule is CN1CC(C)(C(O)(c2ccc(OC(F)(F)F)cc2)c2cccc(-c3cccc(Cl)c3)c2)C1. The van der Waals surface area contributed by atoms with Gasteiger partial charge in [-0.15, -0.1) is 13.2 Å². The van der Waals surface area contributed by atoms with Crippen LogP contribution in [0.4, 0.5) is 13.2 Å². The van der Waals surface area contributed by atoms with Gasteiger partial charge < -0.3 is 14.7 Å². The number of likely N-dealkylation sites (tertiary alicyclic amines) is 1. The van der Waals surface area contributed by atoms with E-state index in [0.29, 0.717) is 29.2 Å².